The zero-order chi connectivity index (χ0) is 10.4. The first kappa shape index (κ1) is 9.68. The van der Waals surface area contributed by atoms with Crippen LogP contribution in [0.3, 0.4) is 0 Å². The standard InChI is InChI=1S/C13H21NO/c1-2-9-7-14(8-9)13(15)12-6-10-3-4-11(12)5-10/h9-12H,2-8H2,1H3. The van der Waals surface area contributed by atoms with E-state index in [0.717, 1.165) is 30.8 Å². The maximum Gasteiger partial charge on any atom is 0.225 e. The van der Waals surface area contributed by atoms with Gasteiger partial charge in [-0.05, 0) is 43.4 Å². The Hall–Kier alpha value is -0.530. The van der Waals surface area contributed by atoms with E-state index in [1.165, 1.54) is 32.1 Å². The molecule has 1 saturated heterocycles. The summed E-state index contributed by atoms with van der Waals surface area (Å²) >= 11 is 0. The predicted octanol–water partition coefficient (Wildman–Crippen LogP) is 2.29. The van der Waals surface area contributed by atoms with Crippen LogP contribution in [-0.2, 0) is 4.79 Å². The maximum atomic E-state index is 12.2. The molecule has 3 fully saturated rings. The van der Waals surface area contributed by atoms with Crippen LogP contribution in [0.25, 0.3) is 0 Å². The van der Waals surface area contributed by atoms with E-state index in [9.17, 15) is 4.79 Å². The van der Waals surface area contributed by atoms with Crippen molar-refractivity contribution < 1.29 is 4.79 Å². The molecule has 3 atom stereocenters. The third-order valence-electron chi connectivity index (χ3n) is 4.90. The molecule has 2 heteroatoms. The monoisotopic (exact) mass is 207 g/mol. The van der Waals surface area contributed by atoms with E-state index in [1.807, 2.05) is 0 Å². The van der Waals surface area contributed by atoms with Crippen LogP contribution in [0.4, 0.5) is 0 Å². The van der Waals surface area contributed by atoms with Gasteiger partial charge in [-0.3, -0.25) is 4.79 Å². The number of likely N-dealkylation sites (tertiary alicyclic amines) is 1. The summed E-state index contributed by atoms with van der Waals surface area (Å²) in [7, 11) is 0. The molecule has 0 aromatic heterocycles. The van der Waals surface area contributed by atoms with Gasteiger partial charge in [0.05, 0.1) is 0 Å². The Morgan fingerprint density at radius 3 is 2.60 bits per heavy atom. The molecule has 2 bridgehead atoms. The Balaban J connectivity index is 1.57. The van der Waals surface area contributed by atoms with E-state index in [1.54, 1.807) is 0 Å². The molecule has 0 N–H and O–H groups in total. The van der Waals surface area contributed by atoms with Crippen LogP contribution in [0.15, 0.2) is 0 Å². The molecule has 2 saturated carbocycles. The second-order valence-corrected chi connectivity index (χ2v) is 5.80. The van der Waals surface area contributed by atoms with Gasteiger partial charge in [0.15, 0.2) is 0 Å². The van der Waals surface area contributed by atoms with Crippen LogP contribution in [0.1, 0.15) is 39.0 Å². The summed E-state index contributed by atoms with van der Waals surface area (Å²) < 4.78 is 0. The normalized spacial score (nSPS) is 39.5. The van der Waals surface area contributed by atoms with Crippen molar-refractivity contribution >= 4 is 5.91 Å². The first-order chi connectivity index (χ1) is 7.28. The number of amides is 1. The molecule has 1 amide bonds. The summed E-state index contributed by atoms with van der Waals surface area (Å²) in [6.45, 7) is 4.32. The Bertz CT molecular complexity index is 270. The van der Waals surface area contributed by atoms with Gasteiger partial charge in [0.25, 0.3) is 0 Å². The van der Waals surface area contributed by atoms with Gasteiger partial charge in [-0.25, -0.2) is 0 Å². The summed E-state index contributed by atoms with van der Waals surface area (Å²) in [6, 6.07) is 0. The highest BCUT2D eigenvalue weighted by molar-refractivity contribution is 5.80. The number of nitrogens with zero attached hydrogens (tertiary/aromatic N) is 1. The van der Waals surface area contributed by atoms with E-state index in [2.05, 4.69) is 11.8 Å². The van der Waals surface area contributed by atoms with E-state index in [4.69, 9.17) is 0 Å². The van der Waals surface area contributed by atoms with Gasteiger partial charge < -0.3 is 4.90 Å². The minimum Gasteiger partial charge on any atom is -0.342 e. The van der Waals surface area contributed by atoms with Gasteiger partial charge in [0.2, 0.25) is 5.91 Å². The molecule has 0 aromatic rings. The molecule has 0 spiro atoms. The number of hydrogen-bond donors (Lipinski definition) is 0. The first-order valence-electron chi connectivity index (χ1n) is 6.56. The lowest BCUT2D eigenvalue weighted by molar-refractivity contribution is -0.143. The van der Waals surface area contributed by atoms with Crippen molar-refractivity contribution in [3.8, 4) is 0 Å². The van der Waals surface area contributed by atoms with Crippen LogP contribution in [-0.4, -0.2) is 23.9 Å². The van der Waals surface area contributed by atoms with Crippen LogP contribution in [0.2, 0.25) is 0 Å². The van der Waals surface area contributed by atoms with Crippen LogP contribution in [0.5, 0.6) is 0 Å². The van der Waals surface area contributed by atoms with Gasteiger partial charge in [-0.15, -0.1) is 0 Å². The number of rotatable bonds is 2. The molecule has 0 radical (unpaired) electrons. The minimum absolute atomic E-state index is 0.418. The minimum atomic E-state index is 0.418. The van der Waals surface area contributed by atoms with Crippen molar-refractivity contribution in [2.45, 2.75) is 39.0 Å². The molecule has 2 nitrogen and oxygen atoms in total. The zero-order valence-corrected chi connectivity index (χ0v) is 9.61. The molecular weight excluding hydrogens is 186 g/mol. The van der Waals surface area contributed by atoms with Crippen molar-refractivity contribution in [3.05, 3.63) is 0 Å². The van der Waals surface area contributed by atoms with Crippen molar-refractivity contribution in [3.63, 3.8) is 0 Å². The average molecular weight is 207 g/mol. The summed E-state index contributed by atoms with van der Waals surface area (Å²) in [5, 5.41) is 0. The Kier molecular flexibility index (Phi) is 2.26. The number of hydrogen-bond acceptors (Lipinski definition) is 1. The Morgan fingerprint density at radius 1 is 1.27 bits per heavy atom. The lowest BCUT2D eigenvalue weighted by Gasteiger charge is -2.41. The van der Waals surface area contributed by atoms with E-state index < -0.39 is 0 Å². The maximum absolute atomic E-state index is 12.2. The number of fused-ring (bicyclic) bond motifs is 2. The Morgan fingerprint density at radius 2 is 2.07 bits per heavy atom. The third-order valence-corrected chi connectivity index (χ3v) is 4.90. The number of carbonyl (C=O) groups excluding carboxylic acids is 1. The fraction of sp³-hybridized carbons (Fsp3) is 0.923. The van der Waals surface area contributed by atoms with E-state index >= 15 is 0 Å². The zero-order valence-electron chi connectivity index (χ0n) is 9.61. The lowest BCUT2D eigenvalue weighted by atomic mass is 9.86. The van der Waals surface area contributed by atoms with Gasteiger partial charge in [-0.1, -0.05) is 13.3 Å². The molecular formula is C13H21NO. The summed E-state index contributed by atoms with van der Waals surface area (Å²) in [4.78, 5) is 14.3. The van der Waals surface area contributed by atoms with E-state index in [0.29, 0.717) is 11.8 Å². The molecule has 0 aromatic carbocycles. The van der Waals surface area contributed by atoms with Crippen LogP contribution in [0, 0.1) is 23.7 Å². The highest BCUT2D eigenvalue weighted by atomic mass is 16.2. The quantitative estimate of drug-likeness (QED) is 0.680. The topological polar surface area (TPSA) is 20.3 Å². The lowest BCUT2D eigenvalue weighted by Crippen LogP contribution is -2.52. The second-order valence-electron chi connectivity index (χ2n) is 5.80. The smallest absolute Gasteiger partial charge is 0.225 e. The van der Waals surface area contributed by atoms with Crippen molar-refractivity contribution in [1.29, 1.82) is 0 Å². The second kappa shape index (κ2) is 3.50. The molecule has 1 heterocycles. The van der Waals surface area contributed by atoms with Crippen molar-refractivity contribution in [2.24, 2.45) is 23.7 Å². The summed E-state index contributed by atoms with van der Waals surface area (Å²) in [5.74, 6) is 3.36. The van der Waals surface area contributed by atoms with Gasteiger partial charge in [0.1, 0.15) is 0 Å². The fourth-order valence-electron chi connectivity index (χ4n) is 3.79. The molecule has 3 rings (SSSR count). The van der Waals surface area contributed by atoms with Crippen molar-refractivity contribution in [1.82, 2.24) is 4.90 Å². The highest BCUT2D eigenvalue weighted by Gasteiger charge is 2.45. The Labute approximate surface area is 92.0 Å². The van der Waals surface area contributed by atoms with Gasteiger partial charge in [0, 0.05) is 19.0 Å². The molecule has 1 aliphatic heterocycles. The number of carbonyl (C=O) groups is 1. The van der Waals surface area contributed by atoms with Gasteiger partial charge in [-0.2, -0.15) is 0 Å². The molecule has 15 heavy (non-hydrogen) atoms. The fourth-order valence-corrected chi connectivity index (χ4v) is 3.79. The first-order valence-corrected chi connectivity index (χ1v) is 6.56. The summed E-state index contributed by atoms with van der Waals surface area (Å²) in [5.41, 5.74) is 0. The molecule has 3 aliphatic rings. The van der Waals surface area contributed by atoms with E-state index in [-0.39, 0.29) is 0 Å². The van der Waals surface area contributed by atoms with Crippen molar-refractivity contribution in [2.75, 3.05) is 13.1 Å². The third kappa shape index (κ3) is 1.49. The summed E-state index contributed by atoms with van der Waals surface area (Å²) in [6.07, 6.45) is 6.51. The average Bonchev–Trinajstić information content (AvgIpc) is 2.76. The molecule has 2 aliphatic carbocycles. The predicted molar refractivity (Wildman–Crippen MR) is 59.3 cm³/mol. The molecule has 3 unspecified atom stereocenters. The molecule has 84 valence electrons. The largest absolute Gasteiger partial charge is 0.342 e. The van der Waals surface area contributed by atoms with Crippen LogP contribution >= 0.6 is 0 Å². The highest BCUT2D eigenvalue weighted by Crippen LogP contribution is 2.49. The van der Waals surface area contributed by atoms with Gasteiger partial charge >= 0.3 is 0 Å². The SMILES string of the molecule is CCC1CN(C(=O)C2CC3CCC2C3)C1. The van der Waals surface area contributed by atoms with Crippen LogP contribution < -0.4 is 0 Å².